The van der Waals surface area contributed by atoms with E-state index in [0.29, 0.717) is 6.61 Å². The molecule has 1 rings (SSSR count). The molecule has 0 aromatic rings. The first-order valence-electron chi connectivity index (χ1n) is 10.1. The average molecular weight is 359 g/mol. The number of unbranched alkanes of at least 4 members (excludes halogenated alkanes) is 8. The van der Waals surface area contributed by atoms with Crippen molar-refractivity contribution in [1.29, 1.82) is 0 Å². The second-order valence-corrected chi connectivity index (χ2v) is 6.97. The summed E-state index contributed by atoms with van der Waals surface area (Å²) in [6.07, 6.45) is 13.9. The average Bonchev–Trinajstić information content (AvgIpc) is 2.99. The summed E-state index contributed by atoms with van der Waals surface area (Å²) in [5.41, 5.74) is 0. The second-order valence-electron chi connectivity index (χ2n) is 6.97. The van der Waals surface area contributed by atoms with Crippen LogP contribution >= 0.6 is 0 Å². The Morgan fingerprint density at radius 2 is 1.68 bits per heavy atom. The van der Waals surface area contributed by atoms with Gasteiger partial charge in [-0.2, -0.15) is 0 Å². The van der Waals surface area contributed by atoms with Gasteiger partial charge in [-0.15, -0.1) is 0 Å². The van der Waals surface area contributed by atoms with Gasteiger partial charge in [-0.1, -0.05) is 64.0 Å². The smallest absolute Gasteiger partial charge is 0.114 e. The van der Waals surface area contributed by atoms with Crippen molar-refractivity contribution in [3.8, 4) is 0 Å². The Hall–Kier alpha value is -0.460. The summed E-state index contributed by atoms with van der Waals surface area (Å²) in [7, 11) is 0. The molecule has 0 aromatic heterocycles. The van der Waals surface area contributed by atoms with Gasteiger partial charge in [0.1, 0.15) is 24.4 Å². The van der Waals surface area contributed by atoms with E-state index in [-0.39, 0.29) is 6.61 Å². The van der Waals surface area contributed by atoms with Crippen LogP contribution in [0.3, 0.4) is 0 Å². The van der Waals surface area contributed by atoms with Gasteiger partial charge in [0.05, 0.1) is 19.8 Å². The zero-order valence-corrected chi connectivity index (χ0v) is 15.8. The molecule has 0 amide bonds. The summed E-state index contributed by atoms with van der Waals surface area (Å²) in [6.45, 7) is 2.47. The lowest BCUT2D eigenvalue weighted by Gasteiger charge is -2.23. The fourth-order valence-corrected chi connectivity index (χ4v) is 3.16. The molecule has 25 heavy (non-hydrogen) atoms. The predicted octanol–water partition coefficient (Wildman–Crippen LogP) is 2.96. The summed E-state index contributed by atoms with van der Waals surface area (Å²) < 4.78 is 10.9. The molecule has 0 radical (unpaired) electrons. The molecular weight excluding hydrogens is 320 g/mol. The molecule has 0 aliphatic carbocycles. The minimum absolute atomic E-state index is 0.140. The molecule has 148 valence electrons. The number of aliphatic hydroxyl groups excluding tert-OH is 3. The minimum atomic E-state index is -1.01. The van der Waals surface area contributed by atoms with Crippen LogP contribution in [0.25, 0.3) is 0 Å². The van der Waals surface area contributed by atoms with E-state index < -0.39 is 31.0 Å². The molecule has 1 aliphatic heterocycles. The van der Waals surface area contributed by atoms with Crippen LogP contribution in [0.15, 0.2) is 12.2 Å². The van der Waals surface area contributed by atoms with Crippen LogP contribution in [-0.2, 0) is 9.47 Å². The Kier molecular flexibility index (Phi) is 13.3. The van der Waals surface area contributed by atoms with Crippen molar-refractivity contribution >= 4 is 0 Å². The van der Waals surface area contributed by atoms with Crippen LogP contribution in [0.1, 0.15) is 71.1 Å². The number of aliphatic hydroxyl groups is 3. The maximum atomic E-state index is 9.83. The van der Waals surface area contributed by atoms with Crippen LogP contribution in [0.2, 0.25) is 0 Å². The monoisotopic (exact) mass is 358 g/mol. The zero-order valence-electron chi connectivity index (χ0n) is 15.8. The third-order valence-corrected chi connectivity index (χ3v) is 4.71. The highest BCUT2D eigenvalue weighted by atomic mass is 16.6. The number of hydrogen-bond acceptors (Lipinski definition) is 5. The number of hydrogen-bond donors (Lipinski definition) is 3. The number of rotatable bonds is 15. The molecule has 0 aromatic carbocycles. The van der Waals surface area contributed by atoms with Gasteiger partial charge >= 0.3 is 0 Å². The van der Waals surface area contributed by atoms with Crippen molar-refractivity contribution in [2.24, 2.45) is 0 Å². The SMILES string of the molecule is CCCCCCCCCC/C=C/CCO[C@@H]1[C@H]([C@H](O)CO)OC[C@@H]1O. The highest BCUT2D eigenvalue weighted by Crippen LogP contribution is 2.21. The summed E-state index contributed by atoms with van der Waals surface area (Å²) >= 11 is 0. The third kappa shape index (κ3) is 9.71. The van der Waals surface area contributed by atoms with Gasteiger partial charge in [0.2, 0.25) is 0 Å². The summed E-state index contributed by atoms with van der Waals surface area (Å²) in [6, 6.07) is 0. The molecule has 4 atom stereocenters. The standard InChI is InChI=1S/C20H38O5/c1-2-3-4-5-6-7-8-9-10-11-12-13-14-24-20-18(23)16-25-19(20)17(22)15-21/h11-12,17-23H,2-10,13-16H2,1H3/b12-11+/t17-,18+,19+,20+/m1/s1. The van der Waals surface area contributed by atoms with Crippen LogP contribution in [0, 0.1) is 0 Å². The molecular formula is C20H38O5. The molecule has 0 spiro atoms. The van der Waals surface area contributed by atoms with Crippen molar-refractivity contribution in [2.45, 2.75) is 95.5 Å². The van der Waals surface area contributed by atoms with Crippen LogP contribution < -0.4 is 0 Å². The van der Waals surface area contributed by atoms with Crippen molar-refractivity contribution in [2.75, 3.05) is 19.8 Å². The normalized spacial score (nSPS) is 25.0. The van der Waals surface area contributed by atoms with E-state index in [0.717, 1.165) is 12.8 Å². The molecule has 1 aliphatic rings. The van der Waals surface area contributed by atoms with Gasteiger partial charge in [0.15, 0.2) is 0 Å². The van der Waals surface area contributed by atoms with Crippen LogP contribution in [-0.4, -0.2) is 59.6 Å². The first-order chi connectivity index (χ1) is 12.2. The maximum Gasteiger partial charge on any atom is 0.114 e. The number of allylic oxidation sites excluding steroid dienone is 1. The van der Waals surface area contributed by atoms with E-state index in [1.165, 1.54) is 51.4 Å². The van der Waals surface area contributed by atoms with E-state index in [9.17, 15) is 10.2 Å². The topological polar surface area (TPSA) is 79.2 Å². The Bertz CT molecular complexity index is 334. The molecule has 1 heterocycles. The van der Waals surface area contributed by atoms with Gasteiger partial charge < -0.3 is 24.8 Å². The van der Waals surface area contributed by atoms with Gasteiger partial charge in [0.25, 0.3) is 0 Å². The largest absolute Gasteiger partial charge is 0.394 e. The summed E-state index contributed by atoms with van der Waals surface area (Å²) in [5, 5.41) is 28.5. The predicted molar refractivity (Wildman–Crippen MR) is 99.6 cm³/mol. The fourth-order valence-electron chi connectivity index (χ4n) is 3.16. The van der Waals surface area contributed by atoms with E-state index in [1.54, 1.807) is 0 Å². The Morgan fingerprint density at radius 1 is 1.04 bits per heavy atom. The molecule has 1 saturated heterocycles. The fraction of sp³-hybridized carbons (Fsp3) is 0.900. The van der Waals surface area contributed by atoms with Gasteiger partial charge in [-0.25, -0.2) is 0 Å². The maximum absolute atomic E-state index is 9.83. The van der Waals surface area contributed by atoms with Gasteiger partial charge in [0, 0.05) is 0 Å². The quantitative estimate of drug-likeness (QED) is 0.310. The van der Waals surface area contributed by atoms with Crippen molar-refractivity contribution in [3.63, 3.8) is 0 Å². The van der Waals surface area contributed by atoms with E-state index in [4.69, 9.17) is 14.6 Å². The first kappa shape index (κ1) is 22.6. The van der Waals surface area contributed by atoms with E-state index in [1.807, 2.05) is 0 Å². The Balaban J connectivity index is 1.99. The highest BCUT2D eigenvalue weighted by molar-refractivity contribution is 4.89. The Labute approximate surface area is 153 Å². The van der Waals surface area contributed by atoms with Gasteiger partial charge in [-0.05, 0) is 19.3 Å². The molecule has 0 saturated carbocycles. The highest BCUT2D eigenvalue weighted by Gasteiger charge is 2.40. The van der Waals surface area contributed by atoms with E-state index in [2.05, 4.69) is 19.1 Å². The molecule has 3 N–H and O–H groups in total. The summed E-state index contributed by atoms with van der Waals surface area (Å²) in [4.78, 5) is 0. The third-order valence-electron chi connectivity index (χ3n) is 4.71. The zero-order chi connectivity index (χ0) is 18.3. The number of ether oxygens (including phenoxy) is 2. The first-order valence-corrected chi connectivity index (χ1v) is 10.1. The molecule has 5 heteroatoms. The van der Waals surface area contributed by atoms with E-state index >= 15 is 0 Å². The molecule has 0 unspecified atom stereocenters. The molecule has 5 nitrogen and oxygen atoms in total. The lowest BCUT2D eigenvalue weighted by Crippen LogP contribution is -2.42. The molecule has 1 fully saturated rings. The minimum Gasteiger partial charge on any atom is -0.394 e. The lowest BCUT2D eigenvalue weighted by molar-refractivity contribution is -0.0924. The van der Waals surface area contributed by atoms with Crippen molar-refractivity contribution in [1.82, 2.24) is 0 Å². The lowest BCUT2D eigenvalue weighted by atomic mass is 10.1. The van der Waals surface area contributed by atoms with Crippen molar-refractivity contribution < 1.29 is 24.8 Å². The van der Waals surface area contributed by atoms with Crippen LogP contribution in [0.5, 0.6) is 0 Å². The summed E-state index contributed by atoms with van der Waals surface area (Å²) in [5.74, 6) is 0. The molecule has 0 bridgehead atoms. The van der Waals surface area contributed by atoms with Crippen LogP contribution in [0.4, 0.5) is 0 Å². The Morgan fingerprint density at radius 3 is 2.36 bits per heavy atom. The van der Waals surface area contributed by atoms with Gasteiger partial charge in [-0.3, -0.25) is 0 Å². The van der Waals surface area contributed by atoms with Crippen molar-refractivity contribution in [3.05, 3.63) is 12.2 Å². The second kappa shape index (κ2) is 14.7.